The van der Waals surface area contributed by atoms with Gasteiger partial charge in [0.1, 0.15) is 0 Å². The summed E-state index contributed by atoms with van der Waals surface area (Å²) in [5, 5.41) is -6.29. The molecule has 0 spiro atoms. The molecule has 11 heteroatoms. The van der Waals surface area contributed by atoms with Crippen molar-refractivity contribution >= 4 is 10.0 Å². The minimum absolute atomic E-state index is 0.0792. The predicted molar refractivity (Wildman–Crippen MR) is 61.7 cm³/mol. The molecule has 3 nitrogen and oxygen atoms in total. The number of nitrogens with one attached hydrogen (secondary N) is 1. The van der Waals surface area contributed by atoms with Gasteiger partial charge in [0.2, 0.25) is 0 Å². The molecule has 2 aliphatic carbocycles. The van der Waals surface area contributed by atoms with E-state index < -0.39 is 33.9 Å². The van der Waals surface area contributed by atoms with Gasteiger partial charge >= 0.3 is 17.4 Å². The lowest BCUT2D eigenvalue weighted by Gasteiger charge is -2.28. The Labute approximate surface area is 121 Å². The number of hydrogen-bond donors (Lipinski definition) is 1. The third-order valence-electron chi connectivity index (χ3n) is 4.01. The van der Waals surface area contributed by atoms with E-state index in [9.17, 15) is 39.2 Å². The van der Waals surface area contributed by atoms with E-state index in [1.54, 1.807) is 6.08 Å². The Bertz CT molecular complexity index is 569. The summed E-state index contributed by atoms with van der Waals surface area (Å²) in [7, 11) is -6.18. The van der Waals surface area contributed by atoms with Crippen molar-refractivity contribution in [2.45, 2.75) is 30.2 Å². The summed E-state index contributed by atoms with van der Waals surface area (Å²) in [5.41, 5.74) is 0. The number of allylic oxidation sites excluding steroid dienone is 2. The standard InChI is InChI=1S/C11H12F7NO2S/c12-9(13,10(14,15)16)11(17,18)22(20,21)19-5-8-4-6-1-2-7(8)3-6/h1-2,6-8,19H,3-5H2. The van der Waals surface area contributed by atoms with Gasteiger partial charge < -0.3 is 0 Å². The maximum absolute atomic E-state index is 13.2. The molecule has 2 rings (SSSR count). The topological polar surface area (TPSA) is 46.2 Å². The van der Waals surface area contributed by atoms with Crippen LogP contribution in [0.25, 0.3) is 0 Å². The summed E-state index contributed by atoms with van der Waals surface area (Å²) in [5.74, 6) is -6.98. The quantitative estimate of drug-likeness (QED) is 0.609. The number of sulfonamides is 1. The largest absolute Gasteiger partial charge is 0.461 e. The molecular formula is C11H12F7NO2S. The fraction of sp³-hybridized carbons (Fsp3) is 0.818. The van der Waals surface area contributed by atoms with Gasteiger partial charge in [0.25, 0.3) is 10.0 Å². The van der Waals surface area contributed by atoms with E-state index in [0.717, 1.165) is 0 Å². The van der Waals surface area contributed by atoms with Crippen molar-refractivity contribution in [3.8, 4) is 0 Å². The molecule has 1 N–H and O–H groups in total. The van der Waals surface area contributed by atoms with Crippen molar-refractivity contribution in [1.29, 1.82) is 0 Å². The lowest BCUT2D eigenvalue weighted by molar-refractivity contribution is -0.332. The molecule has 0 aromatic heterocycles. The molecule has 2 bridgehead atoms. The van der Waals surface area contributed by atoms with E-state index in [1.165, 1.54) is 4.72 Å². The molecule has 1 fully saturated rings. The molecule has 2 aliphatic rings. The van der Waals surface area contributed by atoms with Crippen molar-refractivity contribution in [2.24, 2.45) is 17.8 Å². The highest BCUT2D eigenvalue weighted by Gasteiger charge is 2.78. The highest BCUT2D eigenvalue weighted by Crippen LogP contribution is 2.49. The van der Waals surface area contributed by atoms with Crippen LogP contribution in [0.2, 0.25) is 0 Å². The van der Waals surface area contributed by atoms with Gasteiger partial charge in [0.15, 0.2) is 0 Å². The first kappa shape index (κ1) is 17.5. The van der Waals surface area contributed by atoms with Gasteiger partial charge in [-0.1, -0.05) is 12.2 Å². The zero-order valence-corrected chi connectivity index (χ0v) is 11.7. The van der Waals surface area contributed by atoms with Crippen molar-refractivity contribution < 1.29 is 39.2 Å². The molecule has 0 radical (unpaired) electrons. The first-order valence-electron chi connectivity index (χ1n) is 6.29. The molecule has 0 heterocycles. The normalized spacial score (nSPS) is 29.3. The van der Waals surface area contributed by atoms with E-state index >= 15 is 0 Å². The zero-order chi connectivity index (χ0) is 17.0. The van der Waals surface area contributed by atoms with Gasteiger partial charge in [-0.2, -0.15) is 30.7 Å². The van der Waals surface area contributed by atoms with Gasteiger partial charge in [-0.25, -0.2) is 13.1 Å². The summed E-state index contributed by atoms with van der Waals surface area (Å²) < 4.78 is 112. The molecule has 0 saturated heterocycles. The molecule has 0 aromatic carbocycles. The lowest BCUT2D eigenvalue weighted by atomic mass is 9.94. The van der Waals surface area contributed by atoms with Crippen molar-refractivity contribution in [3.05, 3.63) is 12.2 Å². The van der Waals surface area contributed by atoms with E-state index in [1.807, 2.05) is 6.08 Å². The van der Waals surface area contributed by atoms with Crippen LogP contribution in [0.15, 0.2) is 12.2 Å². The summed E-state index contributed by atoms with van der Waals surface area (Å²) in [4.78, 5) is 0. The fourth-order valence-corrected chi connectivity index (χ4v) is 3.84. The van der Waals surface area contributed by atoms with Gasteiger partial charge in [0, 0.05) is 6.54 Å². The van der Waals surface area contributed by atoms with Crippen LogP contribution in [0.1, 0.15) is 12.8 Å². The molecular weight excluding hydrogens is 343 g/mol. The Morgan fingerprint density at radius 2 is 1.59 bits per heavy atom. The zero-order valence-electron chi connectivity index (χ0n) is 10.9. The summed E-state index contributed by atoms with van der Waals surface area (Å²) >= 11 is 0. The SMILES string of the molecule is O=S(=O)(NCC1CC2C=CC1C2)C(F)(F)C(F)(F)C(F)(F)F. The Hall–Kier alpha value is -0.840. The van der Waals surface area contributed by atoms with Crippen LogP contribution in [0.3, 0.4) is 0 Å². The third kappa shape index (κ3) is 2.61. The summed E-state index contributed by atoms with van der Waals surface area (Å²) in [6.07, 6.45) is -1.87. The van der Waals surface area contributed by atoms with Crippen LogP contribution < -0.4 is 4.72 Å². The van der Waals surface area contributed by atoms with Crippen LogP contribution in [-0.2, 0) is 10.0 Å². The van der Waals surface area contributed by atoms with E-state index in [4.69, 9.17) is 0 Å². The van der Waals surface area contributed by atoms with Crippen LogP contribution in [0.5, 0.6) is 0 Å². The van der Waals surface area contributed by atoms with E-state index in [-0.39, 0.29) is 17.8 Å². The van der Waals surface area contributed by atoms with Gasteiger partial charge in [-0.3, -0.25) is 0 Å². The van der Waals surface area contributed by atoms with Crippen LogP contribution in [-0.4, -0.2) is 32.3 Å². The first-order valence-corrected chi connectivity index (χ1v) is 7.78. The smallest absolute Gasteiger partial charge is 0.209 e. The second-order valence-electron chi connectivity index (χ2n) is 5.48. The third-order valence-corrected chi connectivity index (χ3v) is 5.49. The lowest BCUT2D eigenvalue weighted by Crippen LogP contribution is -2.59. The minimum atomic E-state index is -6.68. The van der Waals surface area contributed by atoms with Crippen LogP contribution >= 0.6 is 0 Å². The molecule has 1 saturated carbocycles. The average Bonchev–Trinajstić information content (AvgIpc) is 2.96. The first-order chi connectivity index (χ1) is 9.79. The number of halogens is 7. The molecule has 0 aliphatic heterocycles. The molecule has 3 unspecified atom stereocenters. The number of alkyl halides is 7. The maximum Gasteiger partial charge on any atom is 0.461 e. The number of rotatable bonds is 5. The Balaban J connectivity index is 2.10. The number of fused-ring (bicyclic) bond motifs is 2. The molecule has 0 amide bonds. The molecule has 128 valence electrons. The van der Waals surface area contributed by atoms with Crippen LogP contribution in [0.4, 0.5) is 30.7 Å². The van der Waals surface area contributed by atoms with E-state index in [0.29, 0.717) is 12.8 Å². The van der Waals surface area contributed by atoms with Crippen molar-refractivity contribution in [1.82, 2.24) is 4.72 Å². The van der Waals surface area contributed by atoms with Gasteiger partial charge in [-0.15, -0.1) is 0 Å². The van der Waals surface area contributed by atoms with Crippen LogP contribution in [0, 0.1) is 17.8 Å². The molecule has 0 aromatic rings. The Morgan fingerprint density at radius 3 is 2.00 bits per heavy atom. The highest BCUT2D eigenvalue weighted by molar-refractivity contribution is 7.90. The Kier molecular flexibility index (Phi) is 4.05. The monoisotopic (exact) mass is 355 g/mol. The predicted octanol–water partition coefficient (Wildman–Crippen LogP) is 2.91. The maximum atomic E-state index is 13.2. The summed E-state index contributed by atoms with van der Waals surface area (Å²) in [6, 6.07) is 0. The second-order valence-corrected chi connectivity index (χ2v) is 7.29. The second kappa shape index (κ2) is 5.08. The van der Waals surface area contributed by atoms with Gasteiger partial charge in [0.05, 0.1) is 0 Å². The van der Waals surface area contributed by atoms with Crippen molar-refractivity contribution in [3.63, 3.8) is 0 Å². The fourth-order valence-electron chi connectivity index (χ4n) is 2.77. The highest BCUT2D eigenvalue weighted by atomic mass is 32.2. The Morgan fingerprint density at radius 1 is 1.00 bits per heavy atom. The van der Waals surface area contributed by atoms with E-state index in [2.05, 4.69) is 0 Å². The minimum Gasteiger partial charge on any atom is -0.209 e. The summed E-state index contributed by atoms with van der Waals surface area (Å²) in [6.45, 7) is -0.600. The number of hydrogen-bond acceptors (Lipinski definition) is 2. The molecule has 22 heavy (non-hydrogen) atoms. The van der Waals surface area contributed by atoms with Crippen molar-refractivity contribution in [2.75, 3.05) is 6.54 Å². The van der Waals surface area contributed by atoms with Gasteiger partial charge in [-0.05, 0) is 30.6 Å². The molecule has 3 atom stereocenters. The average molecular weight is 355 g/mol.